The van der Waals surface area contributed by atoms with Gasteiger partial charge in [-0.1, -0.05) is 30.3 Å². The molecule has 4 rings (SSSR count). The van der Waals surface area contributed by atoms with E-state index in [-0.39, 0.29) is 5.91 Å². The molecule has 0 spiro atoms. The summed E-state index contributed by atoms with van der Waals surface area (Å²) < 4.78 is 24.2. The second-order valence-corrected chi connectivity index (χ2v) is 11.2. The maximum Gasteiger partial charge on any atom is 0.323 e. The molecule has 2 aromatic carbocycles. The van der Waals surface area contributed by atoms with Gasteiger partial charge in [-0.15, -0.1) is 0 Å². The molecular formula is C25H33N2O3S+. The number of carbonyl (C=O) groups excluding carboxylic acids is 1. The van der Waals surface area contributed by atoms with E-state index in [1.54, 1.807) is 12.1 Å². The van der Waals surface area contributed by atoms with E-state index in [0.29, 0.717) is 21.7 Å². The minimum Gasteiger partial charge on any atom is -0.317 e. The fourth-order valence-corrected chi connectivity index (χ4v) is 6.00. The lowest BCUT2D eigenvalue weighted by Gasteiger charge is -2.43. The average molecular weight is 442 g/mol. The average Bonchev–Trinajstić information content (AvgIpc) is 2.80. The van der Waals surface area contributed by atoms with Crippen LogP contribution in [0.15, 0.2) is 59.5 Å². The fraction of sp³-hybridized carbons (Fsp3) is 0.480. The zero-order valence-corrected chi connectivity index (χ0v) is 19.1. The molecule has 2 saturated heterocycles. The molecule has 2 heterocycles. The van der Waals surface area contributed by atoms with Gasteiger partial charge < -0.3 is 5.32 Å². The molecule has 0 aliphatic carbocycles. The SMILES string of the molecule is CS(=O)(=O)c1ccc([N+]2(C(=O)Cc3ccccc3)CCC(C3CCNCC3)CC2)cc1. The molecule has 2 fully saturated rings. The third kappa shape index (κ3) is 4.92. The standard InChI is InChI=1S/C25H33N2O3S/c1-31(29,30)24-9-7-23(8-10-24)27(25(28)19-20-5-3-2-4-6-20)17-13-22(14-18-27)21-11-15-26-16-12-21/h2-10,21-22,26H,11-19H2,1H3/q+1. The topological polar surface area (TPSA) is 63.2 Å². The van der Waals surface area contributed by atoms with Crippen LogP contribution in [0, 0.1) is 11.8 Å². The van der Waals surface area contributed by atoms with Crippen LogP contribution < -0.4 is 9.80 Å². The normalized spacial score (nSPS) is 25.3. The number of amides is 1. The second-order valence-electron chi connectivity index (χ2n) is 9.16. The van der Waals surface area contributed by atoms with Gasteiger partial charge in [0.1, 0.15) is 5.69 Å². The highest BCUT2D eigenvalue weighted by atomic mass is 32.2. The minimum atomic E-state index is -3.26. The van der Waals surface area contributed by atoms with Crippen molar-refractivity contribution in [1.29, 1.82) is 0 Å². The van der Waals surface area contributed by atoms with Crippen molar-refractivity contribution in [2.24, 2.45) is 11.8 Å². The van der Waals surface area contributed by atoms with Crippen molar-refractivity contribution in [2.75, 3.05) is 32.4 Å². The first-order chi connectivity index (χ1) is 14.9. The van der Waals surface area contributed by atoms with Crippen LogP contribution in [0.25, 0.3) is 0 Å². The van der Waals surface area contributed by atoms with Crippen LogP contribution >= 0.6 is 0 Å². The summed E-state index contributed by atoms with van der Waals surface area (Å²) in [7, 11) is -3.26. The number of hydrogen-bond acceptors (Lipinski definition) is 4. The first-order valence-corrected chi connectivity index (χ1v) is 13.2. The van der Waals surface area contributed by atoms with Crippen molar-refractivity contribution in [3.8, 4) is 0 Å². The number of quaternary nitrogens is 1. The zero-order chi connectivity index (χ0) is 21.9. The Labute approximate surface area is 186 Å². The van der Waals surface area contributed by atoms with Crippen molar-refractivity contribution >= 4 is 21.4 Å². The summed E-state index contributed by atoms with van der Waals surface area (Å²) in [6, 6.07) is 16.9. The van der Waals surface area contributed by atoms with Crippen LogP contribution in [0.5, 0.6) is 0 Å². The third-order valence-electron chi connectivity index (χ3n) is 7.25. The van der Waals surface area contributed by atoms with E-state index in [2.05, 4.69) is 5.32 Å². The highest BCUT2D eigenvalue weighted by Gasteiger charge is 2.44. The van der Waals surface area contributed by atoms with E-state index in [9.17, 15) is 13.2 Å². The first kappa shape index (κ1) is 22.2. The molecule has 1 amide bonds. The van der Waals surface area contributed by atoms with E-state index in [4.69, 9.17) is 0 Å². The van der Waals surface area contributed by atoms with Gasteiger partial charge in [-0.2, -0.15) is 0 Å². The predicted octanol–water partition coefficient (Wildman–Crippen LogP) is 3.58. The molecular weight excluding hydrogens is 408 g/mol. The number of hydrogen-bond donors (Lipinski definition) is 1. The predicted molar refractivity (Wildman–Crippen MR) is 125 cm³/mol. The molecule has 166 valence electrons. The summed E-state index contributed by atoms with van der Waals surface area (Å²) in [5, 5.41) is 3.45. The summed E-state index contributed by atoms with van der Waals surface area (Å²) in [5.41, 5.74) is 1.94. The van der Waals surface area contributed by atoms with E-state index in [0.717, 1.165) is 56.2 Å². The largest absolute Gasteiger partial charge is 0.323 e. The van der Waals surface area contributed by atoms with Crippen LogP contribution in [0.4, 0.5) is 5.69 Å². The molecule has 2 aliphatic rings. The van der Waals surface area contributed by atoms with Gasteiger partial charge in [0.2, 0.25) is 0 Å². The Balaban J connectivity index is 1.60. The molecule has 5 nitrogen and oxygen atoms in total. The number of likely N-dealkylation sites (tertiary alicyclic amines) is 1. The van der Waals surface area contributed by atoms with Crippen molar-refractivity contribution < 1.29 is 13.2 Å². The fourth-order valence-electron chi connectivity index (χ4n) is 5.37. The van der Waals surface area contributed by atoms with E-state index in [1.807, 2.05) is 42.5 Å². The summed E-state index contributed by atoms with van der Waals surface area (Å²) in [4.78, 5) is 14.0. The number of benzene rings is 2. The Morgan fingerprint density at radius 1 is 0.903 bits per heavy atom. The van der Waals surface area contributed by atoms with E-state index >= 15 is 0 Å². The Hall–Kier alpha value is -2.02. The van der Waals surface area contributed by atoms with Gasteiger partial charge in [0.05, 0.1) is 24.4 Å². The second kappa shape index (κ2) is 9.23. The summed E-state index contributed by atoms with van der Waals surface area (Å²) >= 11 is 0. The lowest BCUT2D eigenvalue weighted by atomic mass is 9.78. The van der Waals surface area contributed by atoms with Gasteiger partial charge in [0, 0.05) is 31.2 Å². The maximum absolute atomic E-state index is 13.7. The highest BCUT2D eigenvalue weighted by molar-refractivity contribution is 7.90. The number of piperidine rings is 2. The van der Waals surface area contributed by atoms with Gasteiger partial charge >= 0.3 is 5.91 Å². The van der Waals surface area contributed by atoms with E-state index in [1.165, 1.54) is 19.1 Å². The van der Waals surface area contributed by atoms with Crippen molar-refractivity contribution in [1.82, 2.24) is 9.80 Å². The van der Waals surface area contributed by atoms with Crippen LogP contribution in [0.1, 0.15) is 31.2 Å². The van der Waals surface area contributed by atoms with Crippen molar-refractivity contribution in [3.05, 3.63) is 60.2 Å². The molecule has 2 aliphatic heterocycles. The number of sulfone groups is 1. The minimum absolute atomic E-state index is 0.196. The van der Waals surface area contributed by atoms with Crippen LogP contribution in [-0.2, 0) is 21.1 Å². The Morgan fingerprint density at radius 3 is 2.06 bits per heavy atom. The van der Waals surface area contributed by atoms with Crippen LogP contribution in [0.2, 0.25) is 0 Å². The molecule has 0 bridgehead atoms. The summed E-state index contributed by atoms with van der Waals surface area (Å²) in [5.74, 6) is 1.62. The molecule has 6 heteroatoms. The number of rotatable bonds is 5. The number of nitrogens with one attached hydrogen (secondary N) is 1. The lowest BCUT2D eigenvalue weighted by Crippen LogP contribution is -2.59. The third-order valence-corrected chi connectivity index (χ3v) is 8.38. The zero-order valence-electron chi connectivity index (χ0n) is 18.3. The maximum atomic E-state index is 13.7. The van der Waals surface area contributed by atoms with Crippen LogP contribution in [0.3, 0.4) is 0 Å². The molecule has 31 heavy (non-hydrogen) atoms. The Bertz CT molecular complexity index is 989. The van der Waals surface area contributed by atoms with Gasteiger partial charge in [0.25, 0.3) is 0 Å². The van der Waals surface area contributed by atoms with E-state index < -0.39 is 9.84 Å². The summed E-state index contributed by atoms with van der Waals surface area (Å²) in [6.07, 6.45) is 6.15. The van der Waals surface area contributed by atoms with Crippen molar-refractivity contribution in [3.63, 3.8) is 0 Å². The first-order valence-electron chi connectivity index (χ1n) is 11.3. The van der Waals surface area contributed by atoms with Crippen molar-refractivity contribution in [2.45, 2.75) is 37.0 Å². The highest BCUT2D eigenvalue weighted by Crippen LogP contribution is 2.37. The van der Waals surface area contributed by atoms with Gasteiger partial charge in [-0.05, 0) is 55.5 Å². The smallest absolute Gasteiger partial charge is 0.317 e. The molecule has 0 saturated carbocycles. The molecule has 1 N–H and O–H groups in total. The van der Waals surface area contributed by atoms with Crippen LogP contribution in [-0.4, -0.2) is 46.8 Å². The monoisotopic (exact) mass is 441 g/mol. The number of nitrogens with zero attached hydrogens (tertiary/aromatic N) is 1. The van der Waals surface area contributed by atoms with Gasteiger partial charge in [0.15, 0.2) is 9.84 Å². The molecule has 2 aromatic rings. The Kier molecular flexibility index (Phi) is 6.60. The quantitative estimate of drug-likeness (QED) is 0.721. The molecule has 0 aromatic heterocycles. The number of carbonyl (C=O) groups is 1. The van der Waals surface area contributed by atoms with Gasteiger partial charge in [-0.3, -0.25) is 0 Å². The Morgan fingerprint density at radius 2 is 1.48 bits per heavy atom. The summed E-state index contributed by atoms with van der Waals surface area (Å²) in [6.45, 7) is 3.78. The lowest BCUT2D eigenvalue weighted by molar-refractivity contribution is -0.131. The molecule has 0 unspecified atom stereocenters. The van der Waals surface area contributed by atoms with Gasteiger partial charge in [-0.25, -0.2) is 17.7 Å². The molecule has 0 atom stereocenters. The molecule has 0 radical (unpaired) electrons.